The summed E-state index contributed by atoms with van der Waals surface area (Å²) in [5, 5.41) is 27.8. The van der Waals surface area contributed by atoms with E-state index in [-0.39, 0.29) is 6.42 Å². The Morgan fingerprint density at radius 3 is 2.57 bits per heavy atom. The molecule has 0 aliphatic carbocycles. The zero-order chi connectivity index (χ0) is 10.7. The van der Waals surface area contributed by atoms with E-state index < -0.39 is 22.3 Å². The second-order valence-electron chi connectivity index (χ2n) is 2.65. The average Bonchev–Trinajstić information content (AvgIpc) is 2.01. The fourth-order valence-corrected chi connectivity index (χ4v) is 1.01. The van der Waals surface area contributed by atoms with Crippen molar-refractivity contribution in [2.75, 3.05) is 0 Å². The van der Waals surface area contributed by atoms with Gasteiger partial charge in [0.05, 0.1) is 11.3 Å². The van der Waals surface area contributed by atoms with Gasteiger partial charge < -0.3 is 10.2 Å². The van der Waals surface area contributed by atoms with Crippen molar-refractivity contribution in [3.63, 3.8) is 0 Å². The van der Waals surface area contributed by atoms with E-state index in [0.29, 0.717) is 5.56 Å². The maximum Gasteiger partial charge on any atom is 0.310 e. The fraction of sp³-hybridized carbons (Fsp3) is 0.125. The third-order valence-corrected chi connectivity index (χ3v) is 1.59. The first-order chi connectivity index (χ1) is 6.50. The topological polar surface area (TPSA) is 101 Å². The summed E-state index contributed by atoms with van der Waals surface area (Å²) in [4.78, 5) is 19.8. The summed E-state index contributed by atoms with van der Waals surface area (Å²) in [5.74, 6) is -1.58. The van der Waals surface area contributed by atoms with Crippen LogP contribution in [0.1, 0.15) is 5.56 Å². The molecule has 0 unspecified atom stereocenters. The summed E-state index contributed by atoms with van der Waals surface area (Å²) in [7, 11) is 0. The van der Waals surface area contributed by atoms with Crippen LogP contribution in [0.15, 0.2) is 18.2 Å². The molecular weight excluding hydrogens is 190 g/mol. The van der Waals surface area contributed by atoms with Crippen molar-refractivity contribution >= 4 is 11.7 Å². The van der Waals surface area contributed by atoms with Crippen LogP contribution >= 0.6 is 0 Å². The van der Waals surface area contributed by atoms with Crippen molar-refractivity contribution in [3.8, 4) is 5.75 Å². The Balaban J connectivity index is 3.00. The Hall–Kier alpha value is -2.11. The second-order valence-corrected chi connectivity index (χ2v) is 2.65. The number of nitro groups is 1. The zero-order valence-corrected chi connectivity index (χ0v) is 7.01. The van der Waals surface area contributed by atoms with Crippen LogP contribution in [0.4, 0.5) is 5.69 Å². The number of nitro benzene ring substituents is 1. The van der Waals surface area contributed by atoms with Crippen LogP contribution in [0.2, 0.25) is 0 Å². The molecular formula is C8H7NO5. The molecule has 0 spiro atoms. The number of phenolic OH excluding ortho intramolecular Hbond substituents is 1. The number of carboxylic acid groups (broad SMARTS) is 1. The van der Waals surface area contributed by atoms with Gasteiger partial charge in [0.15, 0.2) is 5.75 Å². The largest absolute Gasteiger partial charge is 0.502 e. The molecule has 0 saturated carbocycles. The summed E-state index contributed by atoms with van der Waals surface area (Å²) in [6.07, 6.45) is -0.272. The molecule has 2 N–H and O–H groups in total. The molecule has 6 heteroatoms. The molecule has 74 valence electrons. The van der Waals surface area contributed by atoms with Crippen molar-refractivity contribution < 1.29 is 19.9 Å². The lowest BCUT2D eigenvalue weighted by atomic mass is 10.1. The van der Waals surface area contributed by atoms with E-state index in [9.17, 15) is 14.9 Å². The number of carboxylic acids is 1. The van der Waals surface area contributed by atoms with Gasteiger partial charge in [-0.3, -0.25) is 14.9 Å². The van der Waals surface area contributed by atoms with Crippen LogP contribution in [-0.4, -0.2) is 21.1 Å². The van der Waals surface area contributed by atoms with Crippen LogP contribution in [-0.2, 0) is 11.2 Å². The van der Waals surface area contributed by atoms with Crippen molar-refractivity contribution in [2.45, 2.75) is 6.42 Å². The summed E-state index contributed by atoms with van der Waals surface area (Å²) in [6, 6.07) is 3.45. The lowest BCUT2D eigenvalue weighted by molar-refractivity contribution is -0.385. The second kappa shape index (κ2) is 3.73. The van der Waals surface area contributed by atoms with E-state index in [0.717, 1.165) is 12.1 Å². The van der Waals surface area contributed by atoms with Gasteiger partial charge in [0, 0.05) is 6.07 Å². The number of benzene rings is 1. The standard InChI is InChI=1S/C8H7NO5/c10-7-3-5(4-8(11)12)1-2-6(7)9(13)14/h1-3,10H,4H2,(H,11,12). The van der Waals surface area contributed by atoms with E-state index in [4.69, 9.17) is 10.2 Å². The molecule has 0 amide bonds. The highest BCUT2D eigenvalue weighted by Gasteiger charge is 2.13. The van der Waals surface area contributed by atoms with Crippen molar-refractivity contribution in [1.29, 1.82) is 0 Å². The highest BCUT2D eigenvalue weighted by molar-refractivity contribution is 5.70. The Morgan fingerprint density at radius 2 is 2.14 bits per heavy atom. The molecule has 6 nitrogen and oxygen atoms in total. The van der Waals surface area contributed by atoms with Gasteiger partial charge in [0.25, 0.3) is 0 Å². The van der Waals surface area contributed by atoms with Crippen LogP contribution < -0.4 is 0 Å². The maximum atomic E-state index is 10.3. The molecule has 0 fully saturated rings. The van der Waals surface area contributed by atoms with Gasteiger partial charge in [0.1, 0.15) is 0 Å². The highest BCUT2D eigenvalue weighted by atomic mass is 16.6. The van der Waals surface area contributed by atoms with Gasteiger partial charge in [-0.15, -0.1) is 0 Å². The fourth-order valence-electron chi connectivity index (χ4n) is 1.01. The van der Waals surface area contributed by atoms with E-state index in [1.165, 1.54) is 6.07 Å². The van der Waals surface area contributed by atoms with Gasteiger partial charge >= 0.3 is 11.7 Å². The van der Waals surface area contributed by atoms with E-state index in [2.05, 4.69) is 0 Å². The summed E-state index contributed by atoms with van der Waals surface area (Å²) in [5.41, 5.74) is -0.111. The summed E-state index contributed by atoms with van der Waals surface area (Å²) < 4.78 is 0. The highest BCUT2D eigenvalue weighted by Crippen LogP contribution is 2.26. The molecule has 0 atom stereocenters. The monoisotopic (exact) mass is 197 g/mol. The van der Waals surface area contributed by atoms with Crippen molar-refractivity contribution in [2.24, 2.45) is 0 Å². The molecule has 1 rings (SSSR count). The lowest BCUT2D eigenvalue weighted by Crippen LogP contribution is -2.00. The molecule has 0 saturated heterocycles. The van der Waals surface area contributed by atoms with Crippen LogP contribution in [0.5, 0.6) is 5.75 Å². The van der Waals surface area contributed by atoms with Gasteiger partial charge in [-0.05, 0) is 11.6 Å². The average molecular weight is 197 g/mol. The lowest BCUT2D eigenvalue weighted by Gasteiger charge is -1.98. The third kappa shape index (κ3) is 2.19. The maximum absolute atomic E-state index is 10.3. The summed E-state index contributed by atoms with van der Waals surface area (Å²) in [6.45, 7) is 0. The van der Waals surface area contributed by atoms with Gasteiger partial charge in [-0.25, -0.2) is 0 Å². The van der Waals surface area contributed by atoms with Gasteiger partial charge in [-0.2, -0.15) is 0 Å². The molecule has 0 aliphatic heterocycles. The molecule has 1 aromatic rings. The number of rotatable bonds is 3. The molecule has 0 heterocycles. The van der Waals surface area contributed by atoms with Crippen LogP contribution in [0, 0.1) is 10.1 Å². The molecule has 0 aromatic heterocycles. The normalized spacial score (nSPS) is 9.71. The Morgan fingerprint density at radius 1 is 1.50 bits per heavy atom. The van der Waals surface area contributed by atoms with Crippen LogP contribution in [0.25, 0.3) is 0 Å². The van der Waals surface area contributed by atoms with Gasteiger partial charge in [0.2, 0.25) is 0 Å². The minimum absolute atomic E-state index is 0.272. The number of aliphatic carboxylic acids is 1. The number of hydrogen-bond acceptors (Lipinski definition) is 4. The first kappa shape index (κ1) is 9.97. The smallest absolute Gasteiger partial charge is 0.310 e. The molecule has 0 bridgehead atoms. The van der Waals surface area contributed by atoms with Crippen molar-refractivity contribution in [1.82, 2.24) is 0 Å². The number of aromatic hydroxyl groups is 1. The third-order valence-electron chi connectivity index (χ3n) is 1.59. The Kier molecular flexibility index (Phi) is 2.66. The number of carbonyl (C=O) groups is 1. The minimum Gasteiger partial charge on any atom is -0.502 e. The zero-order valence-electron chi connectivity index (χ0n) is 7.01. The summed E-state index contributed by atoms with van der Waals surface area (Å²) >= 11 is 0. The van der Waals surface area contributed by atoms with Crippen LogP contribution in [0.3, 0.4) is 0 Å². The van der Waals surface area contributed by atoms with E-state index in [1.807, 2.05) is 0 Å². The number of nitrogens with zero attached hydrogens (tertiary/aromatic N) is 1. The van der Waals surface area contributed by atoms with Gasteiger partial charge in [-0.1, -0.05) is 6.07 Å². The van der Waals surface area contributed by atoms with E-state index in [1.54, 1.807) is 0 Å². The molecule has 0 radical (unpaired) electrons. The minimum atomic E-state index is -1.06. The first-order valence-electron chi connectivity index (χ1n) is 3.69. The van der Waals surface area contributed by atoms with Crippen molar-refractivity contribution in [3.05, 3.63) is 33.9 Å². The Bertz CT molecular complexity index is 387. The quantitative estimate of drug-likeness (QED) is 0.554. The number of phenols is 1. The predicted octanol–water partition coefficient (Wildman–Crippen LogP) is 0.927. The Labute approximate surface area is 78.6 Å². The van der Waals surface area contributed by atoms with E-state index >= 15 is 0 Å². The predicted molar refractivity (Wildman–Crippen MR) is 46.1 cm³/mol. The molecule has 0 aliphatic rings. The molecule has 14 heavy (non-hydrogen) atoms. The SMILES string of the molecule is O=C(O)Cc1ccc([N+](=O)[O-])c(O)c1. The molecule has 1 aromatic carbocycles. The number of hydrogen-bond donors (Lipinski definition) is 2. The first-order valence-corrected chi connectivity index (χ1v) is 3.69.